The number of rotatable bonds is 4. The predicted octanol–water partition coefficient (Wildman–Crippen LogP) is 2.16. The summed E-state index contributed by atoms with van der Waals surface area (Å²) in [5.41, 5.74) is 0.697. The van der Waals surface area contributed by atoms with E-state index in [1.165, 1.54) is 0 Å². The molecule has 0 aliphatic carbocycles. The summed E-state index contributed by atoms with van der Waals surface area (Å²) in [6, 6.07) is 7.28. The zero-order valence-electron chi connectivity index (χ0n) is 9.79. The molecule has 17 heavy (non-hydrogen) atoms. The van der Waals surface area contributed by atoms with Gasteiger partial charge < -0.3 is 10.6 Å². The number of hydrogen-bond donors (Lipinski definition) is 2. The minimum atomic E-state index is -0.239. The van der Waals surface area contributed by atoms with Crippen molar-refractivity contribution >= 4 is 33.4 Å². The molecule has 5 heteroatoms. The monoisotopic (exact) mass is 298 g/mol. The number of carbonyl (C=O) groups is 2. The van der Waals surface area contributed by atoms with Crippen LogP contribution < -0.4 is 10.6 Å². The number of nitrogens with one attached hydrogen (secondary N) is 2. The Bertz CT molecular complexity index is 419. The van der Waals surface area contributed by atoms with Crippen LogP contribution in [0.4, 0.5) is 5.69 Å². The number of amides is 2. The normalized spacial score (nSPS) is 10.1. The lowest BCUT2D eigenvalue weighted by molar-refractivity contribution is -0.126. The molecule has 2 N–H and O–H groups in total. The van der Waals surface area contributed by atoms with Gasteiger partial charge in [0.25, 0.3) is 0 Å². The van der Waals surface area contributed by atoms with Gasteiger partial charge in [-0.3, -0.25) is 9.59 Å². The second kappa shape index (κ2) is 6.39. The van der Waals surface area contributed by atoms with Gasteiger partial charge in [-0.05, 0) is 18.2 Å². The number of benzene rings is 1. The van der Waals surface area contributed by atoms with Crippen LogP contribution in [0, 0.1) is 5.92 Å². The minimum absolute atomic E-state index is 0.0104. The Balaban J connectivity index is 2.43. The Morgan fingerprint density at radius 3 is 2.65 bits per heavy atom. The van der Waals surface area contributed by atoms with E-state index in [0.717, 1.165) is 4.47 Å². The molecule has 1 aromatic carbocycles. The average Bonchev–Trinajstić information content (AvgIpc) is 2.25. The summed E-state index contributed by atoms with van der Waals surface area (Å²) in [5, 5.41) is 5.25. The van der Waals surface area contributed by atoms with Gasteiger partial charge in [-0.15, -0.1) is 0 Å². The molecule has 0 saturated carbocycles. The topological polar surface area (TPSA) is 58.2 Å². The van der Waals surface area contributed by atoms with Crippen LogP contribution in [0.5, 0.6) is 0 Å². The van der Waals surface area contributed by atoms with E-state index >= 15 is 0 Å². The highest BCUT2D eigenvalue weighted by molar-refractivity contribution is 9.10. The Morgan fingerprint density at radius 2 is 2.06 bits per heavy atom. The van der Waals surface area contributed by atoms with Gasteiger partial charge in [0.05, 0.1) is 6.54 Å². The first-order chi connectivity index (χ1) is 7.99. The first kappa shape index (κ1) is 13.7. The van der Waals surface area contributed by atoms with E-state index < -0.39 is 0 Å². The summed E-state index contributed by atoms with van der Waals surface area (Å²) in [6.45, 7) is 3.55. The van der Waals surface area contributed by atoms with Gasteiger partial charge in [0, 0.05) is 16.1 Å². The minimum Gasteiger partial charge on any atom is -0.347 e. The van der Waals surface area contributed by atoms with Gasteiger partial charge in [-0.25, -0.2) is 0 Å². The maximum absolute atomic E-state index is 11.5. The molecule has 0 atom stereocenters. The molecular formula is C12H15BrN2O2. The summed E-state index contributed by atoms with van der Waals surface area (Å²) in [5.74, 6) is -0.486. The number of hydrogen-bond acceptors (Lipinski definition) is 2. The average molecular weight is 299 g/mol. The standard InChI is InChI=1S/C12H15BrN2O2/c1-8(2)12(17)14-7-11(16)15-10-5-3-4-9(13)6-10/h3-6,8H,7H2,1-2H3,(H,14,17)(H,15,16). The van der Waals surface area contributed by atoms with Crippen molar-refractivity contribution in [2.24, 2.45) is 5.92 Å². The van der Waals surface area contributed by atoms with Crippen molar-refractivity contribution in [3.05, 3.63) is 28.7 Å². The van der Waals surface area contributed by atoms with E-state index in [4.69, 9.17) is 0 Å². The van der Waals surface area contributed by atoms with Crippen LogP contribution in [0.2, 0.25) is 0 Å². The van der Waals surface area contributed by atoms with E-state index in [2.05, 4.69) is 26.6 Å². The van der Waals surface area contributed by atoms with E-state index in [-0.39, 0.29) is 24.3 Å². The molecule has 0 aromatic heterocycles. The number of anilines is 1. The van der Waals surface area contributed by atoms with Crippen LogP contribution in [0.1, 0.15) is 13.8 Å². The molecule has 0 bridgehead atoms. The third-order valence-corrected chi connectivity index (χ3v) is 2.55. The first-order valence-corrected chi connectivity index (χ1v) is 6.11. The van der Waals surface area contributed by atoms with Crippen LogP contribution in [-0.4, -0.2) is 18.4 Å². The van der Waals surface area contributed by atoms with Crippen molar-refractivity contribution in [3.63, 3.8) is 0 Å². The van der Waals surface area contributed by atoms with Crippen molar-refractivity contribution in [3.8, 4) is 0 Å². The molecule has 0 spiro atoms. The van der Waals surface area contributed by atoms with E-state index in [1.54, 1.807) is 26.0 Å². The Morgan fingerprint density at radius 1 is 1.35 bits per heavy atom. The Labute approximate surface area is 109 Å². The highest BCUT2D eigenvalue weighted by Gasteiger charge is 2.08. The molecule has 0 fully saturated rings. The lowest BCUT2D eigenvalue weighted by atomic mass is 10.2. The van der Waals surface area contributed by atoms with Crippen molar-refractivity contribution in [1.82, 2.24) is 5.32 Å². The van der Waals surface area contributed by atoms with Gasteiger partial charge in [0.2, 0.25) is 11.8 Å². The summed E-state index contributed by atoms with van der Waals surface area (Å²) in [6.07, 6.45) is 0. The lowest BCUT2D eigenvalue weighted by Crippen LogP contribution is -2.35. The van der Waals surface area contributed by atoms with Crippen molar-refractivity contribution in [2.75, 3.05) is 11.9 Å². The molecule has 0 heterocycles. The Kier molecular flexibility index (Phi) is 5.15. The van der Waals surface area contributed by atoms with Crippen LogP contribution in [-0.2, 0) is 9.59 Å². The highest BCUT2D eigenvalue weighted by Crippen LogP contribution is 2.15. The second-order valence-electron chi connectivity index (χ2n) is 3.93. The third kappa shape index (κ3) is 4.99. The second-order valence-corrected chi connectivity index (χ2v) is 4.85. The molecule has 0 aliphatic heterocycles. The fourth-order valence-electron chi connectivity index (χ4n) is 1.14. The van der Waals surface area contributed by atoms with E-state index in [9.17, 15) is 9.59 Å². The lowest BCUT2D eigenvalue weighted by Gasteiger charge is -2.08. The summed E-state index contributed by atoms with van der Waals surface area (Å²) in [4.78, 5) is 22.8. The fraction of sp³-hybridized carbons (Fsp3) is 0.333. The molecule has 0 saturated heterocycles. The fourth-order valence-corrected chi connectivity index (χ4v) is 1.54. The molecule has 0 unspecified atom stereocenters. The van der Waals surface area contributed by atoms with Crippen molar-refractivity contribution in [1.29, 1.82) is 0 Å². The molecular weight excluding hydrogens is 284 g/mol. The summed E-state index contributed by atoms with van der Waals surface area (Å²) in [7, 11) is 0. The molecule has 0 radical (unpaired) electrons. The molecule has 4 nitrogen and oxygen atoms in total. The molecule has 1 aromatic rings. The smallest absolute Gasteiger partial charge is 0.243 e. The molecule has 92 valence electrons. The zero-order valence-corrected chi connectivity index (χ0v) is 11.4. The van der Waals surface area contributed by atoms with Crippen molar-refractivity contribution < 1.29 is 9.59 Å². The van der Waals surface area contributed by atoms with Gasteiger partial charge in [-0.1, -0.05) is 35.8 Å². The maximum Gasteiger partial charge on any atom is 0.243 e. The van der Waals surface area contributed by atoms with Crippen LogP contribution >= 0.6 is 15.9 Å². The molecule has 1 rings (SSSR count). The van der Waals surface area contributed by atoms with Crippen LogP contribution in [0.3, 0.4) is 0 Å². The van der Waals surface area contributed by atoms with Crippen LogP contribution in [0.25, 0.3) is 0 Å². The van der Waals surface area contributed by atoms with Gasteiger partial charge in [0.1, 0.15) is 0 Å². The maximum atomic E-state index is 11.5. The zero-order chi connectivity index (χ0) is 12.8. The highest BCUT2D eigenvalue weighted by atomic mass is 79.9. The van der Waals surface area contributed by atoms with Gasteiger partial charge >= 0.3 is 0 Å². The molecule has 2 amide bonds. The summed E-state index contributed by atoms with van der Waals surface area (Å²) >= 11 is 3.31. The van der Waals surface area contributed by atoms with E-state index in [1.807, 2.05) is 12.1 Å². The largest absolute Gasteiger partial charge is 0.347 e. The SMILES string of the molecule is CC(C)C(=O)NCC(=O)Nc1cccc(Br)c1. The third-order valence-electron chi connectivity index (χ3n) is 2.06. The van der Waals surface area contributed by atoms with Gasteiger partial charge in [-0.2, -0.15) is 0 Å². The van der Waals surface area contributed by atoms with Crippen LogP contribution in [0.15, 0.2) is 28.7 Å². The summed E-state index contributed by atoms with van der Waals surface area (Å²) < 4.78 is 0.890. The Hall–Kier alpha value is -1.36. The first-order valence-electron chi connectivity index (χ1n) is 5.32. The molecule has 0 aliphatic rings. The van der Waals surface area contributed by atoms with Gasteiger partial charge in [0.15, 0.2) is 0 Å². The van der Waals surface area contributed by atoms with Crippen molar-refractivity contribution in [2.45, 2.75) is 13.8 Å². The number of carbonyl (C=O) groups excluding carboxylic acids is 2. The quantitative estimate of drug-likeness (QED) is 0.895. The number of halogens is 1. The van der Waals surface area contributed by atoms with E-state index in [0.29, 0.717) is 5.69 Å². The predicted molar refractivity (Wildman–Crippen MR) is 70.6 cm³/mol.